The summed E-state index contributed by atoms with van der Waals surface area (Å²) < 4.78 is 1.57. The average Bonchev–Trinajstić information content (AvgIpc) is 2.67. The SMILES string of the molecule is C=CCNC(=O)N1CCC(n2nc(-c3ccccc3)ccc2=O)CC1. The van der Waals surface area contributed by atoms with Crippen molar-refractivity contribution < 1.29 is 4.79 Å². The number of amides is 2. The lowest BCUT2D eigenvalue weighted by molar-refractivity contribution is 0.168. The minimum absolute atomic E-state index is 0.0135. The van der Waals surface area contributed by atoms with Crippen molar-refractivity contribution in [3.8, 4) is 11.3 Å². The molecule has 1 aromatic carbocycles. The van der Waals surface area contributed by atoms with Crippen LogP contribution in [0.2, 0.25) is 0 Å². The van der Waals surface area contributed by atoms with Crippen LogP contribution in [0.15, 0.2) is 59.9 Å². The molecular weight excluding hydrogens is 316 g/mol. The summed E-state index contributed by atoms with van der Waals surface area (Å²) in [5.41, 5.74) is 1.66. The molecule has 1 aliphatic rings. The summed E-state index contributed by atoms with van der Waals surface area (Å²) in [6, 6.07) is 13.1. The highest BCUT2D eigenvalue weighted by Gasteiger charge is 2.25. The fraction of sp³-hybridized carbons (Fsp3) is 0.316. The second-order valence-electron chi connectivity index (χ2n) is 6.06. The molecule has 0 spiro atoms. The van der Waals surface area contributed by atoms with Gasteiger partial charge in [0.1, 0.15) is 0 Å². The van der Waals surface area contributed by atoms with E-state index < -0.39 is 0 Å². The minimum Gasteiger partial charge on any atom is -0.335 e. The van der Waals surface area contributed by atoms with Crippen LogP contribution >= 0.6 is 0 Å². The molecule has 1 aliphatic heterocycles. The molecule has 0 radical (unpaired) electrons. The average molecular weight is 338 g/mol. The highest BCUT2D eigenvalue weighted by atomic mass is 16.2. The van der Waals surface area contributed by atoms with Crippen LogP contribution in [0.5, 0.6) is 0 Å². The monoisotopic (exact) mass is 338 g/mol. The number of rotatable bonds is 4. The molecule has 1 aromatic heterocycles. The summed E-state index contributed by atoms with van der Waals surface area (Å²) in [4.78, 5) is 26.0. The first-order chi connectivity index (χ1) is 12.2. The van der Waals surface area contributed by atoms with Gasteiger partial charge in [-0.3, -0.25) is 4.79 Å². The molecule has 1 saturated heterocycles. The van der Waals surface area contributed by atoms with E-state index in [0.717, 1.165) is 11.3 Å². The second-order valence-corrected chi connectivity index (χ2v) is 6.06. The molecule has 2 heterocycles. The molecule has 0 aliphatic carbocycles. The van der Waals surface area contributed by atoms with Crippen LogP contribution in [-0.2, 0) is 0 Å². The lowest BCUT2D eigenvalue weighted by atomic mass is 10.1. The zero-order chi connectivity index (χ0) is 17.6. The number of urea groups is 1. The maximum absolute atomic E-state index is 12.3. The van der Waals surface area contributed by atoms with Crippen molar-refractivity contribution in [2.45, 2.75) is 18.9 Å². The molecule has 1 fully saturated rings. The van der Waals surface area contributed by atoms with Gasteiger partial charge in [-0.25, -0.2) is 9.48 Å². The standard InChI is InChI=1S/C19H22N4O2/c1-2-12-20-19(25)22-13-10-16(11-14-22)23-18(24)9-8-17(21-23)15-6-4-3-5-7-15/h2-9,16H,1,10-14H2,(H,20,25). The lowest BCUT2D eigenvalue weighted by Crippen LogP contribution is -2.45. The van der Waals surface area contributed by atoms with E-state index in [1.54, 1.807) is 27.8 Å². The minimum atomic E-state index is -0.103. The molecule has 6 heteroatoms. The Morgan fingerprint density at radius 2 is 1.92 bits per heavy atom. The zero-order valence-corrected chi connectivity index (χ0v) is 14.1. The maximum Gasteiger partial charge on any atom is 0.317 e. The topological polar surface area (TPSA) is 67.2 Å². The first kappa shape index (κ1) is 17.0. The molecule has 6 nitrogen and oxygen atoms in total. The number of nitrogens with one attached hydrogen (secondary N) is 1. The third-order valence-corrected chi connectivity index (χ3v) is 4.39. The molecule has 2 aromatic rings. The normalized spacial score (nSPS) is 15.0. The predicted octanol–water partition coefficient (Wildman–Crippen LogP) is 2.44. The predicted molar refractivity (Wildman–Crippen MR) is 97.4 cm³/mol. The Morgan fingerprint density at radius 1 is 1.20 bits per heavy atom. The van der Waals surface area contributed by atoms with Crippen LogP contribution in [0.3, 0.4) is 0 Å². The van der Waals surface area contributed by atoms with Crippen LogP contribution < -0.4 is 10.9 Å². The van der Waals surface area contributed by atoms with Gasteiger partial charge in [0.05, 0.1) is 11.7 Å². The number of carbonyl (C=O) groups excluding carboxylic acids is 1. The number of likely N-dealkylation sites (tertiary alicyclic amines) is 1. The molecule has 0 saturated carbocycles. The van der Waals surface area contributed by atoms with Gasteiger partial charge in [0, 0.05) is 31.3 Å². The number of aromatic nitrogens is 2. The third-order valence-electron chi connectivity index (χ3n) is 4.39. The van der Waals surface area contributed by atoms with Crippen molar-refractivity contribution >= 4 is 6.03 Å². The van der Waals surface area contributed by atoms with Crippen LogP contribution in [0.4, 0.5) is 4.79 Å². The Kier molecular flexibility index (Phi) is 5.28. The van der Waals surface area contributed by atoms with E-state index in [0.29, 0.717) is 32.5 Å². The molecule has 1 N–H and O–H groups in total. The summed E-state index contributed by atoms with van der Waals surface area (Å²) >= 11 is 0. The summed E-state index contributed by atoms with van der Waals surface area (Å²) in [5.74, 6) is 0. The van der Waals surface area contributed by atoms with Gasteiger partial charge >= 0.3 is 6.03 Å². The van der Waals surface area contributed by atoms with Gasteiger partial charge < -0.3 is 10.2 Å². The van der Waals surface area contributed by atoms with Gasteiger partial charge in [0.15, 0.2) is 0 Å². The first-order valence-corrected chi connectivity index (χ1v) is 8.48. The van der Waals surface area contributed by atoms with E-state index in [9.17, 15) is 9.59 Å². The van der Waals surface area contributed by atoms with Gasteiger partial charge in [-0.15, -0.1) is 6.58 Å². The van der Waals surface area contributed by atoms with Crippen LogP contribution in [0.25, 0.3) is 11.3 Å². The van der Waals surface area contributed by atoms with E-state index >= 15 is 0 Å². The Balaban J connectivity index is 1.72. The van der Waals surface area contributed by atoms with Crippen molar-refractivity contribution in [3.05, 3.63) is 65.5 Å². The van der Waals surface area contributed by atoms with Crippen molar-refractivity contribution in [3.63, 3.8) is 0 Å². The Morgan fingerprint density at radius 3 is 2.60 bits per heavy atom. The van der Waals surface area contributed by atoms with Crippen molar-refractivity contribution in [2.24, 2.45) is 0 Å². The molecule has 0 atom stereocenters. The molecule has 25 heavy (non-hydrogen) atoms. The largest absolute Gasteiger partial charge is 0.335 e. The van der Waals surface area contributed by atoms with Crippen LogP contribution in [0.1, 0.15) is 18.9 Å². The molecule has 2 amide bonds. The number of hydrogen-bond donors (Lipinski definition) is 1. The van der Waals surface area contributed by atoms with E-state index in [1.165, 1.54) is 0 Å². The lowest BCUT2D eigenvalue weighted by Gasteiger charge is -2.32. The smallest absolute Gasteiger partial charge is 0.317 e. The Labute approximate surface area is 146 Å². The summed E-state index contributed by atoms with van der Waals surface area (Å²) in [7, 11) is 0. The van der Waals surface area contributed by atoms with Gasteiger partial charge in [-0.2, -0.15) is 5.10 Å². The van der Waals surface area contributed by atoms with E-state index in [4.69, 9.17) is 0 Å². The molecular formula is C19H22N4O2. The van der Waals surface area contributed by atoms with E-state index in [2.05, 4.69) is 17.0 Å². The van der Waals surface area contributed by atoms with Crippen LogP contribution in [-0.4, -0.2) is 40.3 Å². The third kappa shape index (κ3) is 3.96. The van der Waals surface area contributed by atoms with Gasteiger partial charge in [0.25, 0.3) is 5.56 Å². The molecule has 0 bridgehead atoms. The van der Waals surface area contributed by atoms with Gasteiger partial charge in [-0.1, -0.05) is 36.4 Å². The van der Waals surface area contributed by atoms with E-state index in [1.807, 2.05) is 30.3 Å². The van der Waals surface area contributed by atoms with Gasteiger partial charge in [-0.05, 0) is 18.9 Å². The highest BCUT2D eigenvalue weighted by molar-refractivity contribution is 5.74. The summed E-state index contributed by atoms with van der Waals surface area (Å²) in [6.07, 6.45) is 3.09. The highest BCUT2D eigenvalue weighted by Crippen LogP contribution is 2.22. The second kappa shape index (κ2) is 7.79. The quantitative estimate of drug-likeness (QED) is 0.871. The zero-order valence-electron chi connectivity index (χ0n) is 14.1. The van der Waals surface area contributed by atoms with Crippen molar-refractivity contribution in [2.75, 3.05) is 19.6 Å². The number of nitrogens with zero attached hydrogens (tertiary/aromatic N) is 3. The Bertz CT molecular complexity index is 793. The summed E-state index contributed by atoms with van der Waals surface area (Å²) in [5, 5.41) is 7.34. The number of hydrogen-bond acceptors (Lipinski definition) is 3. The van der Waals surface area contributed by atoms with Crippen molar-refractivity contribution in [1.82, 2.24) is 20.0 Å². The summed E-state index contributed by atoms with van der Waals surface area (Å²) in [6.45, 7) is 5.27. The Hall–Kier alpha value is -2.89. The molecule has 0 unspecified atom stereocenters. The number of carbonyl (C=O) groups is 1. The number of piperidine rings is 1. The molecule has 130 valence electrons. The molecule has 3 rings (SSSR count). The fourth-order valence-electron chi connectivity index (χ4n) is 3.03. The van der Waals surface area contributed by atoms with Crippen LogP contribution in [0, 0.1) is 0 Å². The van der Waals surface area contributed by atoms with Gasteiger partial charge in [0.2, 0.25) is 0 Å². The van der Waals surface area contributed by atoms with Crippen molar-refractivity contribution in [1.29, 1.82) is 0 Å². The van der Waals surface area contributed by atoms with E-state index in [-0.39, 0.29) is 17.6 Å². The maximum atomic E-state index is 12.3. The first-order valence-electron chi connectivity index (χ1n) is 8.48. The fourth-order valence-corrected chi connectivity index (χ4v) is 3.03. The number of benzene rings is 1.